The summed E-state index contributed by atoms with van der Waals surface area (Å²) in [7, 11) is -3.91. The molecule has 1 amide bonds. The highest BCUT2D eigenvalue weighted by Gasteiger charge is 2.26. The van der Waals surface area contributed by atoms with Crippen LogP contribution >= 0.6 is 11.6 Å². The molecule has 0 aliphatic rings. The number of halogens is 1. The van der Waals surface area contributed by atoms with Crippen LogP contribution < -0.4 is 15.2 Å². The molecule has 7 nitrogen and oxygen atoms in total. The highest BCUT2D eigenvalue weighted by Crippen LogP contribution is 2.31. The summed E-state index contributed by atoms with van der Waals surface area (Å²) < 4.78 is 28.6. The lowest BCUT2D eigenvalue weighted by Gasteiger charge is -2.26. The van der Waals surface area contributed by atoms with E-state index in [2.05, 4.69) is 17.4 Å². The largest absolute Gasteiger partial charge is 0.507 e. The average Bonchev–Trinajstić information content (AvgIpc) is 2.92. The number of para-hydroxylation sites is 1. The Balaban J connectivity index is 1.54. The Morgan fingerprint density at radius 2 is 1.58 bits per heavy atom. The molecule has 0 saturated carbocycles. The van der Waals surface area contributed by atoms with Gasteiger partial charge in [-0.05, 0) is 66.6 Å². The van der Waals surface area contributed by atoms with E-state index < -0.39 is 15.9 Å². The smallest absolute Gasteiger partial charge is 0.269 e. The zero-order chi connectivity index (χ0) is 27.3. The number of hydrazine groups is 1. The van der Waals surface area contributed by atoms with Crippen LogP contribution in [0.25, 0.3) is 5.70 Å². The summed E-state index contributed by atoms with van der Waals surface area (Å²) in [5.74, 6) is -0.388. The van der Waals surface area contributed by atoms with Crippen molar-refractivity contribution in [3.8, 4) is 5.75 Å². The molecule has 0 aromatic heterocycles. The maximum atomic E-state index is 13.7. The number of aromatic hydroxyl groups is 1. The molecule has 194 valence electrons. The first-order valence-corrected chi connectivity index (χ1v) is 13.4. The van der Waals surface area contributed by atoms with Crippen molar-refractivity contribution in [3.63, 3.8) is 0 Å². The summed E-state index contributed by atoms with van der Waals surface area (Å²) in [5, 5.41) is 10.4. The zero-order valence-electron chi connectivity index (χ0n) is 20.6. The number of hydrogen-bond acceptors (Lipinski definition) is 5. The highest BCUT2D eigenvalue weighted by molar-refractivity contribution is 7.92. The number of phenols is 1. The molecule has 0 radical (unpaired) electrons. The quantitative estimate of drug-likeness (QED) is 0.235. The van der Waals surface area contributed by atoms with Gasteiger partial charge in [-0.2, -0.15) is 0 Å². The standard InChI is InChI=1S/C29H26ClN3O4S/c1-20-12-17-24(30)18-27(20)33(38(36,37)25-8-4-3-5-9-25)19-22-13-15-23(16-14-22)29(35)32-31-21(2)26-10-6-7-11-28(26)34/h3-18,31,34H,2,19H2,1H3,(H,32,35). The van der Waals surface area contributed by atoms with Crippen molar-refractivity contribution in [1.82, 2.24) is 10.9 Å². The second-order valence-corrected chi connectivity index (χ2v) is 10.8. The van der Waals surface area contributed by atoms with Crippen molar-refractivity contribution in [1.29, 1.82) is 0 Å². The lowest BCUT2D eigenvalue weighted by atomic mass is 10.1. The minimum absolute atomic E-state index is 0.0304. The number of nitrogens with one attached hydrogen (secondary N) is 2. The lowest BCUT2D eigenvalue weighted by molar-refractivity contribution is 0.0942. The van der Waals surface area contributed by atoms with Gasteiger partial charge in [-0.15, -0.1) is 0 Å². The predicted molar refractivity (Wildman–Crippen MR) is 150 cm³/mol. The van der Waals surface area contributed by atoms with E-state index in [1.54, 1.807) is 91.0 Å². The van der Waals surface area contributed by atoms with Crippen molar-refractivity contribution in [2.75, 3.05) is 4.31 Å². The van der Waals surface area contributed by atoms with Crippen LogP contribution in [0, 0.1) is 6.92 Å². The van der Waals surface area contributed by atoms with Crippen molar-refractivity contribution in [2.45, 2.75) is 18.4 Å². The second-order valence-electron chi connectivity index (χ2n) is 8.53. The van der Waals surface area contributed by atoms with E-state index in [1.807, 2.05) is 6.92 Å². The molecule has 9 heteroatoms. The van der Waals surface area contributed by atoms with Gasteiger partial charge in [0.25, 0.3) is 15.9 Å². The summed E-state index contributed by atoms with van der Waals surface area (Å²) >= 11 is 6.22. The predicted octanol–water partition coefficient (Wildman–Crippen LogP) is 5.65. The molecular formula is C29H26ClN3O4S. The summed E-state index contributed by atoms with van der Waals surface area (Å²) in [6, 6.07) is 26.5. The fraction of sp³-hybridized carbons (Fsp3) is 0.0690. The summed E-state index contributed by atoms with van der Waals surface area (Å²) in [4.78, 5) is 12.8. The van der Waals surface area contributed by atoms with Gasteiger partial charge < -0.3 is 5.11 Å². The number of rotatable bonds is 9. The molecule has 0 saturated heterocycles. The molecule has 0 spiro atoms. The third-order valence-electron chi connectivity index (χ3n) is 5.87. The van der Waals surface area contributed by atoms with Crippen LogP contribution in [0.4, 0.5) is 5.69 Å². The van der Waals surface area contributed by atoms with E-state index in [9.17, 15) is 18.3 Å². The Morgan fingerprint density at radius 1 is 0.921 bits per heavy atom. The van der Waals surface area contributed by atoms with Crippen LogP contribution in [0.15, 0.2) is 109 Å². The average molecular weight is 548 g/mol. The molecule has 4 aromatic rings. The SMILES string of the molecule is C=C(NNC(=O)c1ccc(CN(c2cc(Cl)ccc2C)S(=O)(=O)c2ccccc2)cc1)c1ccccc1O. The lowest BCUT2D eigenvalue weighted by Crippen LogP contribution is -2.35. The number of amides is 1. The van der Waals surface area contributed by atoms with E-state index in [4.69, 9.17) is 11.6 Å². The van der Waals surface area contributed by atoms with E-state index in [0.717, 1.165) is 5.56 Å². The van der Waals surface area contributed by atoms with Gasteiger partial charge in [0.05, 0.1) is 22.8 Å². The minimum Gasteiger partial charge on any atom is -0.507 e. The maximum Gasteiger partial charge on any atom is 0.269 e. The number of carbonyl (C=O) groups is 1. The molecule has 0 fully saturated rings. The Hall–Kier alpha value is -4.27. The van der Waals surface area contributed by atoms with Gasteiger partial charge >= 0.3 is 0 Å². The van der Waals surface area contributed by atoms with Gasteiger partial charge in [0.15, 0.2) is 0 Å². The zero-order valence-corrected chi connectivity index (χ0v) is 22.1. The van der Waals surface area contributed by atoms with Gasteiger partial charge in [0.1, 0.15) is 5.75 Å². The van der Waals surface area contributed by atoms with E-state index >= 15 is 0 Å². The monoisotopic (exact) mass is 547 g/mol. The normalized spacial score (nSPS) is 11.0. The molecule has 0 atom stereocenters. The van der Waals surface area contributed by atoms with E-state index in [0.29, 0.717) is 33.1 Å². The number of aryl methyl sites for hydroxylation is 1. The molecule has 0 heterocycles. The third kappa shape index (κ3) is 5.99. The van der Waals surface area contributed by atoms with E-state index in [-0.39, 0.29) is 17.2 Å². The van der Waals surface area contributed by atoms with Crippen LogP contribution in [-0.2, 0) is 16.6 Å². The highest BCUT2D eigenvalue weighted by atomic mass is 35.5. The van der Waals surface area contributed by atoms with Crippen LogP contribution in [0.1, 0.15) is 27.0 Å². The van der Waals surface area contributed by atoms with Crippen LogP contribution in [0.3, 0.4) is 0 Å². The Morgan fingerprint density at radius 3 is 2.26 bits per heavy atom. The first kappa shape index (κ1) is 26.8. The number of sulfonamides is 1. The molecule has 0 aliphatic carbocycles. The van der Waals surface area contributed by atoms with Gasteiger partial charge in [0.2, 0.25) is 0 Å². The molecule has 0 unspecified atom stereocenters. The molecule has 38 heavy (non-hydrogen) atoms. The van der Waals surface area contributed by atoms with Gasteiger partial charge in [-0.1, -0.05) is 66.7 Å². The number of anilines is 1. The molecule has 3 N–H and O–H groups in total. The molecule has 4 rings (SSSR count). The number of carbonyl (C=O) groups excluding carboxylic acids is 1. The van der Waals surface area contributed by atoms with Crippen LogP contribution in [-0.4, -0.2) is 19.4 Å². The van der Waals surface area contributed by atoms with Crippen molar-refractivity contribution >= 4 is 38.9 Å². The summed E-state index contributed by atoms with van der Waals surface area (Å²) in [6.45, 7) is 5.68. The first-order valence-electron chi connectivity index (χ1n) is 11.6. The van der Waals surface area contributed by atoms with Gasteiger partial charge in [-0.25, -0.2) is 8.42 Å². The van der Waals surface area contributed by atoms with Crippen molar-refractivity contribution in [2.24, 2.45) is 0 Å². The fourth-order valence-electron chi connectivity index (χ4n) is 3.80. The maximum absolute atomic E-state index is 13.7. The van der Waals surface area contributed by atoms with E-state index in [1.165, 1.54) is 10.4 Å². The number of hydrogen-bond donors (Lipinski definition) is 3. The van der Waals surface area contributed by atoms with Crippen molar-refractivity contribution in [3.05, 3.63) is 131 Å². The third-order valence-corrected chi connectivity index (χ3v) is 7.88. The number of nitrogens with zero attached hydrogens (tertiary/aromatic N) is 1. The fourth-order valence-corrected chi connectivity index (χ4v) is 5.50. The van der Waals surface area contributed by atoms with Crippen LogP contribution in [0.5, 0.6) is 5.75 Å². The van der Waals surface area contributed by atoms with Crippen molar-refractivity contribution < 1.29 is 18.3 Å². The van der Waals surface area contributed by atoms with Crippen LogP contribution in [0.2, 0.25) is 5.02 Å². The summed E-state index contributed by atoms with van der Waals surface area (Å²) in [6.07, 6.45) is 0. The minimum atomic E-state index is -3.91. The molecular weight excluding hydrogens is 522 g/mol. The number of benzene rings is 4. The summed E-state index contributed by atoms with van der Waals surface area (Å²) in [5.41, 5.74) is 8.28. The van der Waals surface area contributed by atoms with Gasteiger partial charge in [0, 0.05) is 16.1 Å². The Bertz CT molecular complexity index is 1570. The topological polar surface area (TPSA) is 98.7 Å². The second kappa shape index (κ2) is 11.4. The first-order chi connectivity index (χ1) is 18.2. The molecule has 4 aromatic carbocycles. The number of phenolic OH excluding ortho intramolecular Hbond substituents is 1. The Kier molecular flexibility index (Phi) is 8.05. The Labute approximate surface area is 227 Å². The molecule has 0 bridgehead atoms. The van der Waals surface area contributed by atoms with Gasteiger partial charge in [-0.3, -0.25) is 20.0 Å². The molecule has 0 aliphatic heterocycles.